The van der Waals surface area contributed by atoms with Gasteiger partial charge >= 0.3 is 0 Å². The standard InChI is InChI=1S/C22H30N4O2S/c1-3-4-12-26-21(28)19(9-15-29-2)24-22(26)10-13-25(14-11-22)20(27)18-7-5-17(16-23)6-8-18/h5-8,19,24H,3-4,9-15H2,1-2H3. The number of nitriles is 1. The first kappa shape index (κ1) is 21.7. The van der Waals surface area contributed by atoms with Gasteiger partial charge in [0.2, 0.25) is 5.91 Å². The minimum Gasteiger partial charge on any atom is -0.338 e. The van der Waals surface area contributed by atoms with Crippen LogP contribution in [0.4, 0.5) is 0 Å². The third kappa shape index (κ3) is 4.59. The van der Waals surface area contributed by atoms with Gasteiger partial charge in [0.15, 0.2) is 0 Å². The molecule has 2 aliphatic heterocycles. The van der Waals surface area contributed by atoms with Crippen LogP contribution in [0.1, 0.15) is 54.9 Å². The van der Waals surface area contributed by atoms with Crippen LogP contribution in [0.5, 0.6) is 0 Å². The van der Waals surface area contributed by atoms with Gasteiger partial charge in [-0.2, -0.15) is 17.0 Å². The van der Waals surface area contributed by atoms with Crippen LogP contribution in [0.2, 0.25) is 0 Å². The lowest BCUT2D eigenvalue weighted by atomic mass is 9.95. The second kappa shape index (κ2) is 9.64. The molecule has 0 aromatic heterocycles. The van der Waals surface area contributed by atoms with E-state index in [1.54, 1.807) is 36.0 Å². The van der Waals surface area contributed by atoms with Crippen LogP contribution < -0.4 is 5.32 Å². The summed E-state index contributed by atoms with van der Waals surface area (Å²) in [4.78, 5) is 29.8. The van der Waals surface area contributed by atoms with Gasteiger partial charge in [-0.3, -0.25) is 14.9 Å². The Morgan fingerprint density at radius 3 is 2.59 bits per heavy atom. The van der Waals surface area contributed by atoms with Gasteiger partial charge in [0.1, 0.15) is 0 Å². The number of rotatable bonds is 7. The monoisotopic (exact) mass is 414 g/mol. The van der Waals surface area contributed by atoms with Crippen molar-refractivity contribution in [1.29, 1.82) is 5.26 Å². The summed E-state index contributed by atoms with van der Waals surface area (Å²) in [5.74, 6) is 1.18. The molecule has 3 rings (SSSR count). The van der Waals surface area contributed by atoms with E-state index in [1.807, 2.05) is 4.90 Å². The molecule has 0 aliphatic carbocycles. The molecule has 2 heterocycles. The van der Waals surface area contributed by atoms with Crippen LogP contribution in [0.25, 0.3) is 0 Å². The van der Waals surface area contributed by atoms with Crippen molar-refractivity contribution in [1.82, 2.24) is 15.1 Å². The van der Waals surface area contributed by atoms with E-state index in [1.165, 1.54) is 0 Å². The van der Waals surface area contributed by atoms with Gasteiger partial charge in [-0.25, -0.2) is 0 Å². The molecule has 1 unspecified atom stereocenters. The molecule has 2 aliphatic rings. The van der Waals surface area contributed by atoms with Gasteiger partial charge in [-0.15, -0.1) is 0 Å². The summed E-state index contributed by atoms with van der Waals surface area (Å²) in [6, 6.07) is 8.76. The number of amides is 2. The molecule has 0 radical (unpaired) electrons. The predicted molar refractivity (Wildman–Crippen MR) is 116 cm³/mol. The maximum Gasteiger partial charge on any atom is 0.253 e. The average molecular weight is 415 g/mol. The lowest BCUT2D eigenvalue weighted by Crippen LogP contribution is -2.59. The Hall–Kier alpha value is -2.04. The van der Waals surface area contributed by atoms with E-state index in [4.69, 9.17) is 5.26 Å². The normalized spacial score (nSPS) is 20.9. The van der Waals surface area contributed by atoms with Crippen LogP contribution in [-0.4, -0.2) is 65.0 Å². The van der Waals surface area contributed by atoms with Crippen molar-refractivity contribution >= 4 is 23.6 Å². The molecule has 1 aromatic rings. The molecule has 1 atom stereocenters. The van der Waals surface area contributed by atoms with E-state index in [2.05, 4.69) is 29.5 Å². The molecule has 1 N–H and O–H groups in total. The largest absolute Gasteiger partial charge is 0.338 e. The first-order valence-corrected chi connectivity index (χ1v) is 11.8. The Bertz CT molecular complexity index is 766. The highest BCUT2D eigenvalue weighted by Gasteiger charge is 2.51. The molecule has 6 nitrogen and oxygen atoms in total. The van der Waals surface area contributed by atoms with Crippen molar-refractivity contribution in [3.05, 3.63) is 35.4 Å². The number of thioether (sulfide) groups is 1. The molecular formula is C22H30N4O2S. The second-order valence-electron chi connectivity index (χ2n) is 7.83. The van der Waals surface area contributed by atoms with E-state index < -0.39 is 0 Å². The number of hydrogen-bond acceptors (Lipinski definition) is 5. The van der Waals surface area contributed by atoms with Gasteiger partial charge in [-0.05, 0) is 49.1 Å². The molecule has 7 heteroatoms. The molecule has 1 aromatic carbocycles. The summed E-state index contributed by atoms with van der Waals surface area (Å²) in [6.07, 6.45) is 6.47. The number of hydrogen-bond donors (Lipinski definition) is 1. The first-order chi connectivity index (χ1) is 14.0. The summed E-state index contributed by atoms with van der Waals surface area (Å²) in [6.45, 7) is 4.17. The van der Waals surface area contributed by atoms with Gasteiger partial charge in [0.25, 0.3) is 5.91 Å². The summed E-state index contributed by atoms with van der Waals surface area (Å²) in [7, 11) is 0. The van der Waals surface area contributed by atoms with Crippen molar-refractivity contribution in [3.8, 4) is 6.07 Å². The Kier molecular flexibility index (Phi) is 7.20. The van der Waals surface area contributed by atoms with Crippen molar-refractivity contribution in [3.63, 3.8) is 0 Å². The number of nitrogens with one attached hydrogen (secondary N) is 1. The summed E-state index contributed by atoms with van der Waals surface area (Å²) < 4.78 is 0. The molecular weight excluding hydrogens is 384 g/mol. The average Bonchev–Trinajstić information content (AvgIpc) is 3.01. The fraction of sp³-hybridized carbons (Fsp3) is 0.591. The third-order valence-electron chi connectivity index (χ3n) is 6.01. The third-order valence-corrected chi connectivity index (χ3v) is 6.65. The Morgan fingerprint density at radius 2 is 2.00 bits per heavy atom. The van der Waals surface area contributed by atoms with Gasteiger partial charge in [0, 0.05) is 38.0 Å². The minimum atomic E-state index is -0.323. The number of piperidine rings is 1. The zero-order valence-electron chi connectivity index (χ0n) is 17.3. The molecule has 2 saturated heterocycles. The van der Waals surface area contributed by atoms with E-state index >= 15 is 0 Å². The van der Waals surface area contributed by atoms with Crippen molar-refractivity contribution in [2.75, 3.05) is 31.6 Å². The topological polar surface area (TPSA) is 76.4 Å². The molecule has 156 valence electrons. The maximum absolute atomic E-state index is 13.0. The van der Waals surface area contributed by atoms with Crippen LogP contribution >= 0.6 is 11.8 Å². The van der Waals surface area contributed by atoms with E-state index in [9.17, 15) is 9.59 Å². The Balaban J connectivity index is 1.69. The molecule has 2 fully saturated rings. The van der Waals surface area contributed by atoms with Crippen molar-refractivity contribution in [2.24, 2.45) is 0 Å². The summed E-state index contributed by atoms with van der Waals surface area (Å²) in [5, 5.41) is 12.6. The van der Waals surface area contributed by atoms with Crippen LogP contribution in [-0.2, 0) is 4.79 Å². The predicted octanol–water partition coefficient (Wildman–Crippen LogP) is 2.84. The molecule has 0 bridgehead atoms. The highest BCUT2D eigenvalue weighted by Crippen LogP contribution is 2.34. The Labute approximate surface area is 177 Å². The van der Waals surface area contributed by atoms with Gasteiger partial charge in [-0.1, -0.05) is 13.3 Å². The summed E-state index contributed by atoms with van der Waals surface area (Å²) >= 11 is 1.77. The number of carbonyl (C=O) groups excluding carboxylic acids is 2. The fourth-order valence-electron chi connectivity index (χ4n) is 4.30. The van der Waals surface area contributed by atoms with Crippen molar-refractivity contribution in [2.45, 2.75) is 50.7 Å². The number of unbranched alkanes of at least 4 members (excludes halogenated alkanes) is 1. The zero-order valence-corrected chi connectivity index (χ0v) is 18.1. The quantitative estimate of drug-likeness (QED) is 0.742. The minimum absolute atomic E-state index is 0.00676. The van der Waals surface area contributed by atoms with Crippen LogP contribution in [0.3, 0.4) is 0 Å². The highest BCUT2D eigenvalue weighted by molar-refractivity contribution is 7.98. The van der Waals surface area contributed by atoms with Crippen molar-refractivity contribution < 1.29 is 9.59 Å². The SMILES string of the molecule is CCCCN1C(=O)C(CCSC)NC12CCN(C(=O)c1ccc(C#N)cc1)CC2. The number of likely N-dealkylation sites (tertiary alicyclic amines) is 1. The maximum atomic E-state index is 13.0. The highest BCUT2D eigenvalue weighted by atomic mass is 32.2. The van der Waals surface area contributed by atoms with Gasteiger partial charge < -0.3 is 9.80 Å². The number of carbonyl (C=O) groups is 2. The van der Waals surface area contributed by atoms with E-state index in [0.29, 0.717) is 24.2 Å². The fourth-order valence-corrected chi connectivity index (χ4v) is 4.77. The van der Waals surface area contributed by atoms with E-state index in [0.717, 1.165) is 44.4 Å². The smallest absolute Gasteiger partial charge is 0.253 e. The molecule has 1 spiro atoms. The van der Waals surface area contributed by atoms with Crippen LogP contribution in [0.15, 0.2) is 24.3 Å². The lowest BCUT2D eigenvalue weighted by Gasteiger charge is -2.44. The summed E-state index contributed by atoms with van der Waals surface area (Å²) in [5.41, 5.74) is 0.836. The number of benzene rings is 1. The lowest BCUT2D eigenvalue weighted by molar-refractivity contribution is -0.133. The molecule has 29 heavy (non-hydrogen) atoms. The first-order valence-electron chi connectivity index (χ1n) is 10.4. The second-order valence-corrected chi connectivity index (χ2v) is 8.82. The molecule has 0 saturated carbocycles. The Morgan fingerprint density at radius 1 is 1.31 bits per heavy atom. The zero-order chi connectivity index (χ0) is 20.9. The molecule has 2 amide bonds. The van der Waals surface area contributed by atoms with E-state index in [-0.39, 0.29) is 23.5 Å². The van der Waals surface area contributed by atoms with Crippen LogP contribution in [0, 0.1) is 11.3 Å². The van der Waals surface area contributed by atoms with Gasteiger partial charge in [0.05, 0.1) is 23.3 Å². The number of nitrogens with zero attached hydrogens (tertiary/aromatic N) is 3.